The fourth-order valence-electron chi connectivity index (χ4n) is 8.57. The molecule has 0 amide bonds. The lowest BCUT2D eigenvalue weighted by Gasteiger charge is -2.57. The molecule has 1 unspecified atom stereocenters. The lowest BCUT2D eigenvalue weighted by molar-refractivity contribution is -0.00801. The van der Waals surface area contributed by atoms with Gasteiger partial charge in [-0.2, -0.15) is 0 Å². The van der Waals surface area contributed by atoms with E-state index in [1.54, 1.807) is 0 Å². The van der Waals surface area contributed by atoms with Gasteiger partial charge in [-0.1, -0.05) is 78.4 Å². The summed E-state index contributed by atoms with van der Waals surface area (Å²) >= 11 is 0. The van der Waals surface area contributed by atoms with Crippen molar-refractivity contribution in [3.8, 4) is 0 Å². The number of hydrogen-bond acceptors (Lipinski definition) is 0. The van der Waals surface area contributed by atoms with Crippen LogP contribution in [-0.2, 0) is 0 Å². The molecule has 0 aliphatic heterocycles. The third-order valence-electron chi connectivity index (χ3n) is 10.2. The Morgan fingerprint density at radius 1 is 0.889 bits per heavy atom. The highest BCUT2D eigenvalue weighted by atomic mass is 14.6. The molecule has 3 fully saturated rings. The van der Waals surface area contributed by atoms with Gasteiger partial charge in [0, 0.05) is 0 Å². The van der Waals surface area contributed by atoms with Gasteiger partial charge in [-0.05, 0) is 91.3 Å². The maximum absolute atomic E-state index is 2.79. The molecule has 0 aromatic rings. The van der Waals surface area contributed by atoms with E-state index in [0.717, 1.165) is 35.5 Å². The molecule has 27 heavy (non-hydrogen) atoms. The average molecular weight is 371 g/mol. The zero-order valence-electron chi connectivity index (χ0n) is 19.0. The molecule has 4 aliphatic carbocycles. The van der Waals surface area contributed by atoms with Gasteiger partial charge in [0.15, 0.2) is 0 Å². The van der Waals surface area contributed by atoms with E-state index in [1.165, 1.54) is 77.0 Å². The SMILES string of the molecule is CC(C)CCC[C@@H](C)[C@H]1CC[C@@H]2C3=CCC4CCCC[C@]4(C)[C@H]3CC[C@@]21C. The van der Waals surface area contributed by atoms with Crippen molar-refractivity contribution >= 4 is 0 Å². The first kappa shape index (κ1) is 20.0. The molecule has 4 aliphatic rings. The maximum Gasteiger partial charge on any atom is -0.0143 e. The zero-order valence-corrected chi connectivity index (χ0v) is 19.0. The van der Waals surface area contributed by atoms with Crippen molar-refractivity contribution in [2.75, 3.05) is 0 Å². The minimum Gasteiger partial charge on any atom is -0.0844 e. The highest BCUT2D eigenvalue weighted by Crippen LogP contribution is 2.66. The Morgan fingerprint density at radius 3 is 2.44 bits per heavy atom. The van der Waals surface area contributed by atoms with Gasteiger partial charge in [-0.3, -0.25) is 0 Å². The first-order valence-electron chi connectivity index (χ1n) is 12.6. The number of hydrogen-bond donors (Lipinski definition) is 0. The van der Waals surface area contributed by atoms with Crippen LogP contribution in [0.5, 0.6) is 0 Å². The molecule has 0 aromatic heterocycles. The first-order valence-corrected chi connectivity index (χ1v) is 12.6. The van der Waals surface area contributed by atoms with Crippen molar-refractivity contribution in [3.05, 3.63) is 11.6 Å². The molecule has 0 saturated heterocycles. The van der Waals surface area contributed by atoms with Gasteiger partial charge in [-0.15, -0.1) is 0 Å². The third kappa shape index (κ3) is 3.36. The summed E-state index contributed by atoms with van der Waals surface area (Å²) < 4.78 is 0. The smallest absolute Gasteiger partial charge is 0.0143 e. The topological polar surface area (TPSA) is 0 Å². The molecule has 0 heteroatoms. The second-order valence-corrected chi connectivity index (χ2v) is 12.0. The van der Waals surface area contributed by atoms with Crippen molar-refractivity contribution in [1.82, 2.24) is 0 Å². The van der Waals surface area contributed by atoms with Crippen LogP contribution < -0.4 is 0 Å². The molecule has 0 nitrogen and oxygen atoms in total. The Kier molecular flexibility index (Phi) is 5.59. The Morgan fingerprint density at radius 2 is 1.67 bits per heavy atom. The highest BCUT2D eigenvalue weighted by molar-refractivity contribution is 5.27. The first-order chi connectivity index (χ1) is 12.9. The predicted molar refractivity (Wildman–Crippen MR) is 118 cm³/mol. The van der Waals surface area contributed by atoms with Crippen LogP contribution >= 0.6 is 0 Å². The minimum atomic E-state index is 0.609. The second kappa shape index (κ2) is 7.53. The molecule has 0 bridgehead atoms. The molecule has 154 valence electrons. The van der Waals surface area contributed by atoms with Crippen LogP contribution in [0.15, 0.2) is 11.6 Å². The van der Waals surface area contributed by atoms with Crippen molar-refractivity contribution < 1.29 is 0 Å². The van der Waals surface area contributed by atoms with E-state index in [4.69, 9.17) is 0 Å². The molecule has 0 heterocycles. The third-order valence-corrected chi connectivity index (χ3v) is 10.2. The monoisotopic (exact) mass is 370 g/mol. The Balaban J connectivity index is 1.50. The zero-order chi connectivity index (χ0) is 19.2. The fraction of sp³-hybridized carbons (Fsp3) is 0.926. The Hall–Kier alpha value is -0.260. The second-order valence-electron chi connectivity index (χ2n) is 12.0. The van der Waals surface area contributed by atoms with Crippen LogP contribution in [0.1, 0.15) is 112 Å². The molecule has 7 atom stereocenters. The van der Waals surface area contributed by atoms with Crippen LogP contribution in [0.4, 0.5) is 0 Å². The summed E-state index contributed by atoms with van der Waals surface area (Å²) in [4.78, 5) is 0. The molecular weight excluding hydrogens is 324 g/mol. The number of rotatable bonds is 5. The van der Waals surface area contributed by atoms with E-state index < -0.39 is 0 Å². The summed E-state index contributed by atoms with van der Waals surface area (Å²) in [5, 5.41) is 0. The van der Waals surface area contributed by atoms with Gasteiger partial charge in [0.2, 0.25) is 0 Å². The summed E-state index contributed by atoms with van der Waals surface area (Å²) in [6.07, 6.45) is 20.6. The van der Waals surface area contributed by atoms with Gasteiger partial charge in [-0.25, -0.2) is 0 Å². The van der Waals surface area contributed by atoms with E-state index in [-0.39, 0.29) is 0 Å². The molecule has 0 N–H and O–H groups in total. The van der Waals surface area contributed by atoms with E-state index in [1.807, 2.05) is 5.57 Å². The molecule has 3 saturated carbocycles. The van der Waals surface area contributed by atoms with Gasteiger partial charge >= 0.3 is 0 Å². The normalized spacial score (nSPS) is 45.0. The largest absolute Gasteiger partial charge is 0.0844 e. The molecular formula is C27H46. The van der Waals surface area contributed by atoms with Crippen LogP contribution in [-0.4, -0.2) is 0 Å². The lowest BCUT2D eigenvalue weighted by atomic mass is 9.48. The van der Waals surface area contributed by atoms with Crippen molar-refractivity contribution in [1.29, 1.82) is 0 Å². The standard InChI is InChI=1S/C27H46/c1-19(2)9-8-10-20(3)23-14-15-24-22-13-12-21-11-6-7-17-26(21,4)25(22)16-18-27(23,24)5/h13,19-21,23-25H,6-12,14-18H2,1-5H3/t20-,21?,23-,24-,25+,26+,27-/m1/s1. The fourth-order valence-corrected chi connectivity index (χ4v) is 8.57. The van der Waals surface area contributed by atoms with Gasteiger partial charge < -0.3 is 0 Å². The van der Waals surface area contributed by atoms with Gasteiger partial charge in [0.05, 0.1) is 0 Å². The number of allylic oxidation sites excluding steroid dienone is 2. The van der Waals surface area contributed by atoms with Gasteiger partial charge in [0.25, 0.3) is 0 Å². The Labute approximate surface area is 170 Å². The van der Waals surface area contributed by atoms with E-state index >= 15 is 0 Å². The lowest BCUT2D eigenvalue weighted by Crippen LogP contribution is -2.48. The van der Waals surface area contributed by atoms with Crippen LogP contribution in [0, 0.1) is 46.3 Å². The Bertz CT molecular complexity index is 556. The van der Waals surface area contributed by atoms with E-state index in [2.05, 4.69) is 40.7 Å². The summed E-state index contributed by atoms with van der Waals surface area (Å²) in [5.41, 5.74) is 3.21. The van der Waals surface area contributed by atoms with Crippen molar-refractivity contribution in [2.45, 2.75) is 112 Å². The molecule has 0 aromatic carbocycles. The summed E-state index contributed by atoms with van der Waals surface area (Å²) in [6.45, 7) is 12.8. The number of fused-ring (bicyclic) bond motifs is 5. The van der Waals surface area contributed by atoms with Crippen LogP contribution in [0.25, 0.3) is 0 Å². The summed E-state index contributed by atoms with van der Waals surface area (Å²) in [7, 11) is 0. The van der Waals surface area contributed by atoms with Crippen molar-refractivity contribution in [3.63, 3.8) is 0 Å². The van der Waals surface area contributed by atoms with Gasteiger partial charge in [0.1, 0.15) is 0 Å². The minimum absolute atomic E-state index is 0.609. The van der Waals surface area contributed by atoms with Crippen LogP contribution in [0.2, 0.25) is 0 Å². The maximum atomic E-state index is 2.79. The van der Waals surface area contributed by atoms with Crippen molar-refractivity contribution in [2.24, 2.45) is 46.3 Å². The molecule has 0 radical (unpaired) electrons. The predicted octanol–water partition coefficient (Wildman–Crippen LogP) is 8.42. The van der Waals surface area contributed by atoms with E-state index in [9.17, 15) is 0 Å². The van der Waals surface area contributed by atoms with Crippen LogP contribution in [0.3, 0.4) is 0 Å². The summed E-state index contributed by atoms with van der Waals surface area (Å²) in [5.74, 6) is 5.64. The quantitative estimate of drug-likeness (QED) is 0.426. The van der Waals surface area contributed by atoms with E-state index in [0.29, 0.717) is 10.8 Å². The molecule has 4 rings (SSSR count). The highest BCUT2D eigenvalue weighted by Gasteiger charge is 2.57. The average Bonchev–Trinajstić information content (AvgIpc) is 2.98. The molecule has 0 spiro atoms. The summed E-state index contributed by atoms with van der Waals surface area (Å²) in [6, 6.07) is 0.